The van der Waals surface area contributed by atoms with E-state index in [4.69, 9.17) is 41.4 Å². The highest BCUT2D eigenvalue weighted by atomic mass is 35.5. The van der Waals surface area contributed by atoms with Crippen LogP contribution in [0.2, 0.25) is 15.1 Å². The molecule has 1 aromatic rings. The van der Waals surface area contributed by atoms with E-state index in [1.54, 1.807) is 6.07 Å². The minimum Gasteiger partial charge on any atom is -0.238 e. The van der Waals surface area contributed by atoms with Crippen molar-refractivity contribution in [3.63, 3.8) is 0 Å². The van der Waals surface area contributed by atoms with Crippen molar-refractivity contribution in [2.75, 3.05) is 0 Å². The monoisotopic (exact) mass is 289 g/mol. The first-order valence-electron chi connectivity index (χ1n) is 5.61. The normalized spacial score (nSPS) is 12.2. The number of rotatable bonds is 4. The van der Waals surface area contributed by atoms with Gasteiger partial charge in [-0.3, -0.25) is 0 Å². The predicted octanol–water partition coefficient (Wildman–Crippen LogP) is 6.49. The van der Waals surface area contributed by atoms with Gasteiger partial charge in [-0.25, -0.2) is 4.85 Å². The Kier molecular flexibility index (Phi) is 5.59. The fourth-order valence-electron chi connectivity index (χ4n) is 1.98. The van der Waals surface area contributed by atoms with Gasteiger partial charge in [0, 0.05) is 0 Å². The summed E-state index contributed by atoms with van der Waals surface area (Å²) >= 11 is 18.2. The van der Waals surface area contributed by atoms with Crippen molar-refractivity contribution < 1.29 is 0 Å². The minimum atomic E-state index is 0.270. The van der Waals surface area contributed by atoms with Crippen LogP contribution in [-0.4, -0.2) is 0 Å². The number of hydrogen-bond acceptors (Lipinski definition) is 0. The summed E-state index contributed by atoms with van der Waals surface area (Å²) in [5, 5.41) is 1.13. The van der Waals surface area contributed by atoms with Gasteiger partial charge in [0.2, 0.25) is 0 Å². The van der Waals surface area contributed by atoms with Gasteiger partial charge in [0.05, 0.1) is 21.6 Å². The minimum absolute atomic E-state index is 0.270. The van der Waals surface area contributed by atoms with E-state index in [1.165, 1.54) is 0 Å². The molecule has 0 aliphatic rings. The zero-order valence-electron chi connectivity index (χ0n) is 9.86. The Morgan fingerprint density at radius 2 is 1.88 bits per heavy atom. The summed E-state index contributed by atoms with van der Waals surface area (Å²) in [7, 11) is 0. The Hall–Kier alpha value is -0.420. The topological polar surface area (TPSA) is 4.36 Å². The van der Waals surface area contributed by atoms with Crippen LogP contribution in [-0.2, 0) is 0 Å². The molecule has 0 spiro atoms. The number of hydrogen-bond donors (Lipinski definition) is 0. The molecule has 0 aromatic heterocycles. The van der Waals surface area contributed by atoms with E-state index in [-0.39, 0.29) is 5.92 Å². The Morgan fingerprint density at radius 3 is 2.35 bits per heavy atom. The summed E-state index contributed by atoms with van der Waals surface area (Å²) in [6.45, 7) is 11.4. The van der Waals surface area contributed by atoms with E-state index in [0.29, 0.717) is 20.8 Å². The van der Waals surface area contributed by atoms with Crippen molar-refractivity contribution in [2.24, 2.45) is 0 Å². The van der Waals surface area contributed by atoms with Crippen LogP contribution in [0.3, 0.4) is 0 Å². The molecule has 1 rings (SSSR count). The molecule has 0 saturated carbocycles. The molecule has 17 heavy (non-hydrogen) atoms. The molecular weight excluding hydrogens is 277 g/mol. The van der Waals surface area contributed by atoms with Gasteiger partial charge < -0.3 is 0 Å². The standard InChI is InChI=1S/C13H14Cl3N/c1-4-6-8(5-2)11-10(17-3)7-9(14)12(15)13(11)16/h7-8H,4-6H2,1-2H3. The van der Waals surface area contributed by atoms with Crippen LogP contribution in [0.4, 0.5) is 5.69 Å². The fourth-order valence-corrected chi connectivity index (χ4v) is 2.73. The van der Waals surface area contributed by atoms with Crippen LogP contribution in [0.1, 0.15) is 44.6 Å². The van der Waals surface area contributed by atoms with E-state index >= 15 is 0 Å². The molecule has 0 amide bonds. The second-order valence-corrected chi connectivity index (χ2v) is 5.09. The second kappa shape index (κ2) is 6.50. The van der Waals surface area contributed by atoms with Gasteiger partial charge in [-0.2, -0.15) is 0 Å². The molecular formula is C13H14Cl3N. The Bertz CT molecular complexity index is 449. The van der Waals surface area contributed by atoms with Gasteiger partial charge in [0.25, 0.3) is 0 Å². The third kappa shape index (κ3) is 3.07. The van der Waals surface area contributed by atoms with Crippen LogP contribution in [0.15, 0.2) is 6.07 Å². The smallest absolute Gasteiger partial charge is 0.193 e. The average Bonchev–Trinajstić information content (AvgIpc) is 2.33. The molecule has 0 aliphatic carbocycles. The van der Waals surface area contributed by atoms with Crippen LogP contribution in [0, 0.1) is 6.57 Å². The maximum atomic E-state index is 7.21. The maximum Gasteiger partial charge on any atom is 0.193 e. The Labute approximate surface area is 117 Å². The summed E-state index contributed by atoms with van der Waals surface area (Å²) < 4.78 is 0. The second-order valence-electron chi connectivity index (χ2n) is 3.92. The summed E-state index contributed by atoms with van der Waals surface area (Å²) in [5.74, 6) is 0.270. The third-order valence-electron chi connectivity index (χ3n) is 2.84. The van der Waals surface area contributed by atoms with Crippen LogP contribution >= 0.6 is 34.8 Å². The van der Waals surface area contributed by atoms with Gasteiger partial charge in [0.1, 0.15) is 0 Å². The van der Waals surface area contributed by atoms with E-state index in [1.807, 2.05) is 0 Å². The zero-order valence-corrected chi connectivity index (χ0v) is 12.1. The molecule has 92 valence electrons. The third-order valence-corrected chi connectivity index (χ3v) is 4.11. The first kappa shape index (κ1) is 14.6. The molecule has 0 radical (unpaired) electrons. The van der Waals surface area contributed by atoms with Gasteiger partial charge in [-0.05, 0) is 24.0 Å². The first-order chi connectivity index (χ1) is 8.06. The lowest BCUT2D eigenvalue weighted by Crippen LogP contribution is -1.99. The Balaban J connectivity index is 3.40. The van der Waals surface area contributed by atoms with Crippen molar-refractivity contribution in [2.45, 2.75) is 39.0 Å². The molecule has 0 heterocycles. The van der Waals surface area contributed by atoms with Gasteiger partial charge >= 0.3 is 0 Å². The number of benzene rings is 1. The molecule has 0 aliphatic heterocycles. The van der Waals surface area contributed by atoms with E-state index in [2.05, 4.69) is 18.7 Å². The zero-order chi connectivity index (χ0) is 13.0. The fraction of sp³-hybridized carbons (Fsp3) is 0.462. The largest absolute Gasteiger partial charge is 0.238 e. The average molecular weight is 291 g/mol. The highest BCUT2D eigenvalue weighted by molar-refractivity contribution is 6.48. The maximum absolute atomic E-state index is 7.21. The van der Waals surface area contributed by atoms with Crippen molar-refractivity contribution in [3.05, 3.63) is 38.1 Å². The van der Waals surface area contributed by atoms with Crippen molar-refractivity contribution >= 4 is 40.5 Å². The summed E-state index contributed by atoms with van der Waals surface area (Å²) in [5.41, 5.74) is 1.37. The summed E-state index contributed by atoms with van der Waals surface area (Å²) in [4.78, 5) is 3.51. The number of halogens is 3. The molecule has 1 atom stereocenters. The first-order valence-corrected chi connectivity index (χ1v) is 6.74. The molecule has 1 nitrogen and oxygen atoms in total. The van der Waals surface area contributed by atoms with E-state index < -0.39 is 0 Å². The van der Waals surface area contributed by atoms with Crippen molar-refractivity contribution in [1.82, 2.24) is 0 Å². The molecule has 4 heteroatoms. The highest BCUT2D eigenvalue weighted by Crippen LogP contribution is 2.44. The summed E-state index contributed by atoms with van der Waals surface area (Å²) in [6.07, 6.45) is 2.98. The molecule has 1 aromatic carbocycles. The van der Waals surface area contributed by atoms with Crippen LogP contribution in [0.5, 0.6) is 0 Å². The number of nitrogens with zero attached hydrogens (tertiary/aromatic N) is 1. The van der Waals surface area contributed by atoms with E-state index in [0.717, 1.165) is 24.8 Å². The molecule has 0 bridgehead atoms. The SMILES string of the molecule is [C-]#[N+]c1cc(Cl)c(Cl)c(Cl)c1C(CC)CCC. The van der Waals surface area contributed by atoms with E-state index in [9.17, 15) is 0 Å². The quantitative estimate of drug-likeness (QED) is 0.441. The lowest BCUT2D eigenvalue weighted by Gasteiger charge is -2.19. The van der Waals surface area contributed by atoms with Gasteiger partial charge in [-0.15, -0.1) is 0 Å². The molecule has 0 saturated heterocycles. The van der Waals surface area contributed by atoms with Crippen molar-refractivity contribution in [3.8, 4) is 0 Å². The lowest BCUT2D eigenvalue weighted by atomic mass is 9.91. The molecule has 1 unspecified atom stereocenters. The highest BCUT2D eigenvalue weighted by Gasteiger charge is 2.20. The predicted molar refractivity (Wildman–Crippen MR) is 75.7 cm³/mol. The summed E-state index contributed by atoms with van der Waals surface area (Å²) in [6, 6.07) is 1.61. The van der Waals surface area contributed by atoms with Gasteiger partial charge in [-0.1, -0.05) is 61.5 Å². The van der Waals surface area contributed by atoms with Crippen LogP contribution in [0.25, 0.3) is 4.85 Å². The Morgan fingerprint density at radius 1 is 1.24 bits per heavy atom. The van der Waals surface area contributed by atoms with Crippen LogP contribution < -0.4 is 0 Å². The lowest BCUT2D eigenvalue weighted by molar-refractivity contribution is 0.598. The molecule has 0 fully saturated rings. The van der Waals surface area contributed by atoms with Gasteiger partial charge in [0.15, 0.2) is 5.69 Å². The van der Waals surface area contributed by atoms with Crippen molar-refractivity contribution in [1.29, 1.82) is 0 Å². The molecule has 0 N–H and O–H groups in total.